The van der Waals surface area contributed by atoms with E-state index < -0.39 is 23.5 Å². The average molecular weight is 307 g/mol. The van der Waals surface area contributed by atoms with E-state index in [2.05, 4.69) is 0 Å². The van der Waals surface area contributed by atoms with Gasteiger partial charge in [-0.1, -0.05) is 30.3 Å². The molecule has 0 radical (unpaired) electrons. The number of amides is 1. The van der Waals surface area contributed by atoms with Crippen LogP contribution in [0.1, 0.15) is 46.3 Å². The Labute approximate surface area is 131 Å². The van der Waals surface area contributed by atoms with Crippen molar-refractivity contribution in [2.75, 3.05) is 6.61 Å². The zero-order chi connectivity index (χ0) is 16.5. The van der Waals surface area contributed by atoms with E-state index in [4.69, 9.17) is 9.47 Å². The molecule has 1 fully saturated rings. The fourth-order valence-electron chi connectivity index (χ4n) is 2.76. The van der Waals surface area contributed by atoms with Gasteiger partial charge in [-0.2, -0.15) is 0 Å². The maximum Gasteiger partial charge on any atom is 0.413 e. The zero-order valence-corrected chi connectivity index (χ0v) is 13.9. The molecule has 1 aliphatic rings. The Bertz CT molecular complexity index is 521. The summed E-state index contributed by atoms with van der Waals surface area (Å²) in [7, 11) is 0. The smallest absolute Gasteiger partial charge is 0.413 e. The van der Waals surface area contributed by atoms with Crippen LogP contribution in [0.15, 0.2) is 30.3 Å². The Morgan fingerprint density at radius 2 is 1.91 bits per heavy atom. The monoisotopic (exact) mass is 307 g/mol. The first-order valence-corrected chi connectivity index (χ1v) is 7.51. The maximum absolute atomic E-state index is 12.5. The van der Waals surface area contributed by atoms with Gasteiger partial charge >= 0.3 is 6.09 Å². The van der Waals surface area contributed by atoms with E-state index in [1.807, 2.05) is 65.0 Å². The van der Waals surface area contributed by atoms with Crippen LogP contribution in [0.3, 0.4) is 0 Å². The van der Waals surface area contributed by atoms with Gasteiger partial charge in [-0.15, -0.1) is 0 Å². The number of hydrogen-bond acceptors (Lipinski definition) is 4. The molecule has 0 saturated carbocycles. The molecule has 0 bridgehead atoms. The van der Waals surface area contributed by atoms with Crippen LogP contribution in [-0.2, 0) is 9.47 Å². The lowest BCUT2D eigenvalue weighted by Crippen LogP contribution is -2.51. The third-order valence-electron chi connectivity index (χ3n) is 3.58. The van der Waals surface area contributed by atoms with E-state index in [0.717, 1.165) is 5.56 Å². The van der Waals surface area contributed by atoms with E-state index in [-0.39, 0.29) is 12.7 Å². The van der Waals surface area contributed by atoms with E-state index >= 15 is 0 Å². The van der Waals surface area contributed by atoms with Crippen LogP contribution in [0.5, 0.6) is 0 Å². The van der Waals surface area contributed by atoms with Crippen molar-refractivity contribution >= 4 is 6.09 Å². The van der Waals surface area contributed by atoms with Crippen molar-refractivity contribution in [1.29, 1.82) is 0 Å². The molecule has 2 atom stereocenters. The highest BCUT2D eigenvalue weighted by molar-refractivity contribution is 5.70. The van der Waals surface area contributed by atoms with Crippen molar-refractivity contribution in [2.45, 2.75) is 58.1 Å². The standard InChI is InChI=1S/C17H25NO4/c1-16(2,3)22-15(20)18-13(11-19)14(21-17(18,4)5)12-9-7-6-8-10-12/h6-10,13-14,19H,11H2,1-5H3/t13-,14-/m0/s1. The maximum atomic E-state index is 12.5. The molecule has 0 aliphatic carbocycles. The van der Waals surface area contributed by atoms with Gasteiger partial charge in [0, 0.05) is 0 Å². The topological polar surface area (TPSA) is 59.0 Å². The largest absolute Gasteiger partial charge is 0.444 e. The number of nitrogens with zero attached hydrogens (tertiary/aromatic N) is 1. The molecule has 2 rings (SSSR count). The number of rotatable bonds is 2. The SMILES string of the molecule is CC(C)(C)OC(=O)N1[C@@H](CO)[C@H](c2ccccc2)OC1(C)C. The molecule has 0 aromatic heterocycles. The molecule has 1 aliphatic heterocycles. The van der Waals surface area contributed by atoms with Crippen LogP contribution in [0.25, 0.3) is 0 Å². The van der Waals surface area contributed by atoms with Crippen molar-refractivity contribution < 1.29 is 19.4 Å². The summed E-state index contributed by atoms with van der Waals surface area (Å²) in [6.45, 7) is 8.87. The first-order chi connectivity index (χ1) is 10.2. The van der Waals surface area contributed by atoms with Gasteiger partial charge in [0.25, 0.3) is 0 Å². The van der Waals surface area contributed by atoms with Crippen molar-refractivity contribution in [2.24, 2.45) is 0 Å². The highest BCUT2D eigenvalue weighted by Crippen LogP contribution is 2.41. The van der Waals surface area contributed by atoms with Crippen LogP contribution in [-0.4, -0.2) is 40.1 Å². The molecule has 0 spiro atoms. The van der Waals surface area contributed by atoms with Crippen LogP contribution in [0.2, 0.25) is 0 Å². The van der Waals surface area contributed by atoms with Crippen molar-refractivity contribution in [3.05, 3.63) is 35.9 Å². The number of carbonyl (C=O) groups excluding carboxylic acids is 1. The summed E-state index contributed by atoms with van der Waals surface area (Å²) in [5, 5.41) is 9.82. The fourth-order valence-corrected chi connectivity index (χ4v) is 2.76. The molecule has 1 saturated heterocycles. The molecule has 1 aromatic rings. The van der Waals surface area contributed by atoms with Crippen molar-refractivity contribution in [1.82, 2.24) is 4.90 Å². The molecule has 1 aromatic carbocycles. The Morgan fingerprint density at radius 1 is 1.32 bits per heavy atom. The second kappa shape index (κ2) is 5.89. The minimum atomic E-state index is -0.851. The van der Waals surface area contributed by atoms with E-state index in [1.54, 1.807) is 0 Å². The number of benzene rings is 1. The summed E-state index contributed by atoms with van der Waals surface area (Å²) in [6, 6.07) is 9.13. The zero-order valence-electron chi connectivity index (χ0n) is 13.9. The third-order valence-corrected chi connectivity index (χ3v) is 3.58. The van der Waals surface area contributed by atoms with Gasteiger partial charge in [-0.05, 0) is 40.2 Å². The molecule has 1 amide bonds. The second-order valence-electron chi connectivity index (χ2n) is 7.00. The summed E-state index contributed by atoms with van der Waals surface area (Å²) in [6.07, 6.45) is -0.858. The summed E-state index contributed by atoms with van der Waals surface area (Å²) in [5.74, 6) is 0. The van der Waals surface area contributed by atoms with Gasteiger partial charge in [0.2, 0.25) is 0 Å². The first-order valence-electron chi connectivity index (χ1n) is 7.51. The number of aliphatic hydroxyl groups excluding tert-OH is 1. The molecule has 0 unspecified atom stereocenters. The van der Waals surface area contributed by atoms with Gasteiger partial charge in [-0.25, -0.2) is 4.79 Å². The van der Waals surface area contributed by atoms with Crippen molar-refractivity contribution in [3.63, 3.8) is 0 Å². The lowest BCUT2D eigenvalue weighted by molar-refractivity contribution is -0.0799. The van der Waals surface area contributed by atoms with E-state index in [9.17, 15) is 9.90 Å². The van der Waals surface area contributed by atoms with Gasteiger partial charge in [-0.3, -0.25) is 4.90 Å². The lowest BCUT2D eigenvalue weighted by Gasteiger charge is -2.34. The van der Waals surface area contributed by atoms with E-state index in [1.165, 1.54) is 4.90 Å². The highest BCUT2D eigenvalue weighted by Gasteiger charge is 2.51. The summed E-state index contributed by atoms with van der Waals surface area (Å²) in [5.41, 5.74) is -0.519. The molecule has 5 heteroatoms. The molecule has 1 N–H and O–H groups in total. The number of carbonyl (C=O) groups is 1. The van der Waals surface area contributed by atoms with Crippen molar-refractivity contribution in [3.8, 4) is 0 Å². The van der Waals surface area contributed by atoms with Crippen LogP contribution < -0.4 is 0 Å². The minimum Gasteiger partial charge on any atom is -0.444 e. The molecule has 5 nitrogen and oxygen atoms in total. The van der Waals surface area contributed by atoms with Gasteiger partial charge < -0.3 is 14.6 Å². The normalized spacial score (nSPS) is 24.4. The number of hydrogen-bond donors (Lipinski definition) is 1. The van der Waals surface area contributed by atoms with Gasteiger partial charge in [0.15, 0.2) is 0 Å². The second-order valence-corrected chi connectivity index (χ2v) is 7.00. The Hall–Kier alpha value is -1.59. The van der Waals surface area contributed by atoms with E-state index in [0.29, 0.717) is 0 Å². The van der Waals surface area contributed by atoms with Gasteiger partial charge in [0.05, 0.1) is 12.6 Å². The number of ether oxygens (including phenoxy) is 2. The minimum absolute atomic E-state index is 0.192. The predicted molar refractivity (Wildman–Crippen MR) is 83.3 cm³/mol. The molecule has 22 heavy (non-hydrogen) atoms. The first kappa shape index (κ1) is 16.8. The molecule has 122 valence electrons. The Morgan fingerprint density at radius 3 is 2.41 bits per heavy atom. The molecular formula is C17H25NO4. The molecular weight excluding hydrogens is 282 g/mol. The van der Waals surface area contributed by atoms with Crippen LogP contribution in [0.4, 0.5) is 4.79 Å². The van der Waals surface area contributed by atoms with Gasteiger partial charge in [0.1, 0.15) is 17.4 Å². The summed E-state index contributed by atoms with van der Waals surface area (Å²) < 4.78 is 11.5. The summed E-state index contributed by atoms with van der Waals surface area (Å²) in [4.78, 5) is 14.0. The average Bonchev–Trinajstić information content (AvgIpc) is 2.68. The van der Waals surface area contributed by atoms with Crippen LogP contribution >= 0.6 is 0 Å². The Kier molecular flexibility index (Phi) is 4.49. The van der Waals surface area contributed by atoms with Crippen LogP contribution in [0, 0.1) is 0 Å². The lowest BCUT2D eigenvalue weighted by atomic mass is 10.0. The third kappa shape index (κ3) is 3.42. The quantitative estimate of drug-likeness (QED) is 0.912. The molecule has 1 heterocycles. The Balaban J connectivity index is 2.31. The highest BCUT2D eigenvalue weighted by atomic mass is 16.6. The fraction of sp³-hybridized carbons (Fsp3) is 0.588. The predicted octanol–water partition coefficient (Wildman–Crippen LogP) is 3.09. The number of aliphatic hydroxyl groups is 1. The summed E-state index contributed by atoms with van der Waals surface area (Å²) >= 11 is 0.